The molecule has 1 amide bonds. The van der Waals surface area contributed by atoms with Crippen molar-refractivity contribution >= 4 is 18.3 Å². The molecular weight excluding hydrogens is 276 g/mol. The highest BCUT2D eigenvalue weighted by atomic mass is 35.5. The molecule has 0 bridgehead atoms. The molecule has 2 N–H and O–H groups in total. The van der Waals surface area contributed by atoms with Gasteiger partial charge in [0, 0.05) is 20.7 Å². The predicted molar refractivity (Wildman–Crippen MR) is 84.1 cm³/mol. The van der Waals surface area contributed by atoms with E-state index in [0.717, 1.165) is 5.56 Å². The van der Waals surface area contributed by atoms with Crippen molar-refractivity contribution in [1.82, 2.24) is 4.90 Å². The Hall–Kier alpha value is -1.10. The van der Waals surface area contributed by atoms with Crippen molar-refractivity contribution in [3.05, 3.63) is 35.4 Å². The molecule has 0 aliphatic rings. The normalized spacial score (nSPS) is 13.2. The van der Waals surface area contributed by atoms with E-state index in [4.69, 9.17) is 10.5 Å². The summed E-state index contributed by atoms with van der Waals surface area (Å²) in [5, 5.41) is 0. The van der Waals surface area contributed by atoms with E-state index in [1.165, 1.54) is 5.56 Å². The van der Waals surface area contributed by atoms with Crippen molar-refractivity contribution in [1.29, 1.82) is 0 Å². The van der Waals surface area contributed by atoms with E-state index in [2.05, 4.69) is 24.3 Å². The second-order valence-electron chi connectivity index (χ2n) is 4.89. The highest BCUT2D eigenvalue weighted by Gasteiger charge is 2.20. The minimum atomic E-state index is -0.208. The first-order valence-corrected chi connectivity index (χ1v) is 6.54. The van der Waals surface area contributed by atoms with Crippen LogP contribution in [0.4, 0.5) is 0 Å². The summed E-state index contributed by atoms with van der Waals surface area (Å²) in [5.74, 6) is 0.0466. The first kappa shape index (κ1) is 18.9. The van der Waals surface area contributed by atoms with Crippen molar-refractivity contribution in [2.45, 2.75) is 32.4 Å². The molecule has 0 spiro atoms. The molecule has 1 aromatic carbocycles. The smallest absolute Gasteiger partial charge is 0.225 e. The van der Waals surface area contributed by atoms with Gasteiger partial charge in [-0.1, -0.05) is 29.8 Å². The Morgan fingerprint density at radius 3 is 2.35 bits per heavy atom. The molecule has 2 atom stereocenters. The third-order valence-electron chi connectivity index (χ3n) is 3.53. The number of ether oxygens (including phenoxy) is 1. The maximum Gasteiger partial charge on any atom is 0.225 e. The highest BCUT2D eigenvalue weighted by molar-refractivity contribution is 5.85. The molecule has 1 rings (SSSR count). The van der Waals surface area contributed by atoms with Crippen LogP contribution in [0.3, 0.4) is 0 Å². The molecule has 4 nitrogen and oxygen atoms in total. The van der Waals surface area contributed by atoms with Crippen LogP contribution in [-0.4, -0.2) is 37.6 Å². The van der Waals surface area contributed by atoms with Crippen LogP contribution in [-0.2, 0) is 9.53 Å². The number of nitrogens with two attached hydrogens (primary N) is 1. The number of hydrogen-bond donors (Lipinski definition) is 1. The number of nitrogens with zero attached hydrogens (tertiary/aromatic N) is 1. The number of amides is 1. The van der Waals surface area contributed by atoms with Crippen LogP contribution < -0.4 is 5.73 Å². The van der Waals surface area contributed by atoms with E-state index in [0.29, 0.717) is 13.0 Å². The quantitative estimate of drug-likeness (QED) is 0.877. The number of carbonyl (C=O) groups excluding carboxylic acids is 1. The Morgan fingerprint density at radius 1 is 1.35 bits per heavy atom. The average Bonchev–Trinajstić information content (AvgIpc) is 2.43. The summed E-state index contributed by atoms with van der Waals surface area (Å²) >= 11 is 0. The summed E-state index contributed by atoms with van der Waals surface area (Å²) in [7, 11) is 3.39. The lowest BCUT2D eigenvalue weighted by Crippen LogP contribution is -2.35. The van der Waals surface area contributed by atoms with Crippen molar-refractivity contribution in [2.24, 2.45) is 5.73 Å². The topological polar surface area (TPSA) is 55.6 Å². The predicted octanol–water partition coefficient (Wildman–Crippen LogP) is 2.30. The van der Waals surface area contributed by atoms with Gasteiger partial charge in [0.05, 0.1) is 18.6 Å². The molecule has 0 aliphatic heterocycles. The molecule has 20 heavy (non-hydrogen) atoms. The van der Waals surface area contributed by atoms with E-state index in [-0.39, 0.29) is 30.5 Å². The largest absolute Gasteiger partial charge is 0.380 e. The second kappa shape index (κ2) is 8.95. The van der Waals surface area contributed by atoms with E-state index in [9.17, 15) is 4.79 Å². The number of aryl methyl sites for hydroxylation is 1. The Balaban J connectivity index is 0.00000361. The summed E-state index contributed by atoms with van der Waals surface area (Å²) in [6.45, 7) is 4.43. The van der Waals surface area contributed by atoms with Gasteiger partial charge in [0.2, 0.25) is 5.91 Å². The standard InChI is InChI=1S/C15H24N2O2.ClH/c1-11-5-7-13(8-6-11)12(2)17(3)15(18)9-14(10-16)19-4;/h5-8,12,14H,9-10,16H2,1-4H3;1H. The minimum absolute atomic E-state index is 0. The lowest BCUT2D eigenvalue weighted by molar-refractivity contribution is -0.134. The van der Waals surface area contributed by atoms with Crippen LogP contribution >= 0.6 is 12.4 Å². The fourth-order valence-corrected chi connectivity index (χ4v) is 1.89. The van der Waals surface area contributed by atoms with Crippen LogP contribution in [0.1, 0.15) is 30.5 Å². The molecular formula is C15H25ClN2O2. The van der Waals surface area contributed by atoms with Gasteiger partial charge < -0.3 is 15.4 Å². The van der Waals surface area contributed by atoms with Crippen molar-refractivity contribution in [3.63, 3.8) is 0 Å². The fraction of sp³-hybridized carbons (Fsp3) is 0.533. The number of halogens is 1. The van der Waals surface area contributed by atoms with Gasteiger partial charge in [-0.15, -0.1) is 12.4 Å². The molecule has 0 aliphatic carbocycles. The SMILES string of the molecule is COC(CN)CC(=O)N(C)C(C)c1ccc(C)cc1.Cl. The van der Waals surface area contributed by atoms with E-state index >= 15 is 0 Å². The Kier molecular flexibility index (Phi) is 8.46. The van der Waals surface area contributed by atoms with Crippen LogP contribution in [0.15, 0.2) is 24.3 Å². The number of methoxy groups -OCH3 is 1. The third kappa shape index (κ3) is 5.12. The minimum Gasteiger partial charge on any atom is -0.380 e. The van der Waals surface area contributed by atoms with Crippen molar-refractivity contribution < 1.29 is 9.53 Å². The van der Waals surface area contributed by atoms with Gasteiger partial charge in [-0.25, -0.2) is 0 Å². The number of carbonyl (C=O) groups is 1. The zero-order valence-electron chi connectivity index (χ0n) is 12.6. The van der Waals surface area contributed by atoms with Gasteiger partial charge in [-0.2, -0.15) is 0 Å². The second-order valence-corrected chi connectivity index (χ2v) is 4.89. The average molecular weight is 301 g/mol. The van der Waals surface area contributed by atoms with E-state index in [1.54, 1.807) is 12.0 Å². The molecule has 0 radical (unpaired) electrons. The lowest BCUT2D eigenvalue weighted by Gasteiger charge is -2.27. The zero-order chi connectivity index (χ0) is 14.4. The van der Waals surface area contributed by atoms with Gasteiger partial charge in [-0.05, 0) is 19.4 Å². The van der Waals surface area contributed by atoms with Gasteiger partial charge in [0.25, 0.3) is 0 Å². The van der Waals surface area contributed by atoms with Gasteiger partial charge in [0.15, 0.2) is 0 Å². The molecule has 0 saturated carbocycles. The first-order valence-electron chi connectivity index (χ1n) is 6.54. The number of benzene rings is 1. The van der Waals surface area contributed by atoms with Crippen LogP contribution in [0, 0.1) is 6.92 Å². The Morgan fingerprint density at radius 2 is 1.90 bits per heavy atom. The summed E-state index contributed by atoms with van der Waals surface area (Å²) in [5.41, 5.74) is 7.88. The van der Waals surface area contributed by atoms with Gasteiger partial charge in [0.1, 0.15) is 0 Å². The fourth-order valence-electron chi connectivity index (χ4n) is 1.89. The van der Waals surface area contributed by atoms with Gasteiger partial charge in [-0.3, -0.25) is 4.79 Å². The van der Waals surface area contributed by atoms with Crippen LogP contribution in [0.2, 0.25) is 0 Å². The summed E-state index contributed by atoms with van der Waals surface area (Å²) in [6.07, 6.45) is 0.111. The highest BCUT2D eigenvalue weighted by Crippen LogP contribution is 2.20. The number of hydrogen-bond acceptors (Lipinski definition) is 3. The van der Waals surface area contributed by atoms with E-state index in [1.807, 2.05) is 20.9 Å². The third-order valence-corrected chi connectivity index (χ3v) is 3.53. The van der Waals surface area contributed by atoms with E-state index < -0.39 is 0 Å². The molecule has 114 valence electrons. The van der Waals surface area contributed by atoms with Gasteiger partial charge >= 0.3 is 0 Å². The maximum atomic E-state index is 12.1. The summed E-state index contributed by atoms with van der Waals surface area (Å²) in [4.78, 5) is 13.9. The molecule has 5 heteroatoms. The van der Waals surface area contributed by atoms with Crippen LogP contribution in [0.25, 0.3) is 0 Å². The monoisotopic (exact) mass is 300 g/mol. The van der Waals surface area contributed by atoms with Crippen molar-refractivity contribution in [3.8, 4) is 0 Å². The Bertz CT molecular complexity index is 405. The molecule has 0 fully saturated rings. The molecule has 0 aromatic heterocycles. The Labute approximate surface area is 127 Å². The molecule has 0 heterocycles. The molecule has 2 unspecified atom stereocenters. The molecule has 0 saturated heterocycles. The molecule has 1 aromatic rings. The van der Waals surface area contributed by atoms with Crippen LogP contribution in [0.5, 0.6) is 0 Å². The zero-order valence-corrected chi connectivity index (χ0v) is 13.4. The first-order chi connectivity index (χ1) is 8.99. The maximum absolute atomic E-state index is 12.1. The lowest BCUT2D eigenvalue weighted by atomic mass is 10.0. The van der Waals surface area contributed by atoms with Crippen molar-refractivity contribution in [2.75, 3.05) is 20.7 Å². The number of rotatable bonds is 6. The summed E-state index contributed by atoms with van der Waals surface area (Å²) < 4.78 is 5.15. The summed E-state index contributed by atoms with van der Waals surface area (Å²) in [6, 6.07) is 8.27.